The Bertz CT molecular complexity index is 388. The molecule has 3 nitrogen and oxygen atoms in total. The van der Waals surface area contributed by atoms with Gasteiger partial charge in [0.25, 0.3) is 0 Å². The molecule has 1 aromatic heterocycles. The van der Waals surface area contributed by atoms with Crippen LogP contribution in [0, 0.1) is 11.3 Å². The van der Waals surface area contributed by atoms with Crippen molar-refractivity contribution in [3.63, 3.8) is 0 Å². The summed E-state index contributed by atoms with van der Waals surface area (Å²) in [4.78, 5) is 4.24. The summed E-state index contributed by atoms with van der Waals surface area (Å²) < 4.78 is 5.48. The Labute approximate surface area is 93.5 Å². The molecule has 0 bridgehead atoms. The zero-order valence-electron chi connectivity index (χ0n) is 8.51. The number of nitriles is 1. The van der Waals surface area contributed by atoms with E-state index in [-0.39, 0.29) is 6.10 Å². The van der Waals surface area contributed by atoms with Crippen LogP contribution >= 0.6 is 11.8 Å². The number of hydrogen-bond acceptors (Lipinski definition) is 4. The first kappa shape index (κ1) is 10.5. The van der Waals surface area contributed by atoms with Crippen molar-refractivity contribution in [1.82, 2.24) is 4.98 Å². The number of hydrogen-bond donors (Lipinski definition) is 0. The van der Waals surface area contributed by atoms with Gasteiger partial charge in [-0.2, -0.15) is 5.26 Å². The average Bonchev–Trinajstić information content (AvgIpc) is 2.65. The molecule has 2 rings (SSSR count). The van der Waals surface area contributed by atoms with Crippen molar-refractivity contribution in [1.29, 1.82) is 5.26 Å². The first-order chi connectivity index (χ1) is 7.29. The topological polar surface area (TPSA) is 45.9 Å². The monoisotopic (exact) mass is 220 g/mol. The Morgan fingerprint density at radius 2 is 2.53 bits per heavy atom. The van der Waals surface area contributed by atoms with Crippen LogP contribution in [0.3, 0.4) is 0 Å². The van der Waals surface area contributed by atoms with Gasteiger partial charge in [0.05, 0.1) is 22.8 Å². The van der Waals surface area contributed by atoms with E-state index in [2.05, 4.69) is 18.0 Å². The van der Waals surface area contributed by atoms with Crippen LogP contribution in [0.25, 0.3) is 0 Å². The van der Waals surface area contributed by atoms with E-state index in [0.717, 1.165) is 18.1 Å². The lowest BCUT2D eigenvalue weighted by Crippen LogP contribution is -2.13. The summed E-state index contributed by atoms with van der Waals surface area (Å²) in [5, 5.41) is 10.1. The molecular formula is C11H12N2OS. The second kappa shape index (κ2) is 4.65. The first-order valence-electron chi connectivity index (χ1n) is 4.94. The van der Waals surface area contributed by atoms with Crippen molar-refractivity contribution in [3.8, 4) is 6.07 Å². The maximum atomic E-state index is 8.76. The molecule has 0 spiro atoms. The Hall–Kier alpha value is -1.05. The Kier molecular flexibility index (Phi) is 3.24. The van der Waals surface area contributed by atoms with E-state index in [1.54, 1.807) is 24.0 Å². The van der Waals surface area contributed by atoms with E-state index >= 15 is 0 Å². The number of ether oxygens (including phenoxy) is 1. The zero-order valence-corrected chi connectivity index (χ0v) is 9.33. The third-order valence-corrected chi connectivity index (χ3v) is 3.83. The summed E-state index contributed by atoms with van der Waals surface area (Å²) in [5.41, 5.74) is 0.666. The van der Waals surface area contributed by atoms with Gasteiger partial charge in [0, 0.05) is 18.1 Å². The van der Waals surface area contributed by atoms with Crippen LogP contribution in [0.1, 0.15) is 18.9 Å². The molecular weight excluding hydrogens is 208 g/mol. The second-order valence-electron chi connectivity index (χ2n) is 3.52. The van der Waals surface area contributed by atoms with Gasteiger partial charge < -0.3 is 4.74 Å². The fourth-order valence-electron chi connectivity index (χ4n) is 1.57. The van der Waals surface area contributed by atoms with Gasteiger partial charge in [-0.15, -0.1) is 11.8 Å². The summed E-state index contributed by atoms with van der Waals surface area (Å²) in [5.74, 6) is 0. The highest BCUT2D eigenvalue weighted by Crippen LogP contribution is 2.31. The van der Waals surface area contributed by atoms with E-state index in [1.165, 1.54) is 0 Å². The number of rotatable bonds is 2. The molecule has 1 aliphatic rings. The first-order valence-corrected chi connectivity index (χ1v) is 5.82. The van der Waals surface area contributed by atoms with Crippen molar-refractivity contribution in [2.24, 2.45) is 0 Å². The Morgan fingerprint density at radius 3 is 3.20 bits per heavy atom. The maximum Gasteiger partial charge on any atom is 0.0993 e. The molecule has 2 atom stereocenters. The zero-order chi connectivity index (χ0) is 10.7. The summed E-state index contributed by atoms with van der Waals surface area (Å²) in [6.45, 7) is 2.91. The van der Waals surface area contributed by atoms with Crippen molar-refractivity contribution < 1.29 is 4.74 Å². The SMILES string of the molecule is CC1OCCC1Sc1cc(C#N)ccn1. The largest absolute Gasteiger partial charge is 0.377 e. The molecule has 1 fully saturated rings. The van der Waals surface area contributed by atoms with Gasteiger partial charge in [-0.1, -0.05) is 0 Å². The molecule has 1 aliphatic heterocycles. The van der Waals surface area contributed by atoms with Gasteiger partial charge >= 0.3 is 0 Å². The third-order valence-electron chi connectivity index (χ3n) is 2.44. The number of pyridine rings is 1. The quantitative estimate of drug-likeness (QED) is 0.766. The summed E-state index contributed by atoms with van der Waals surface area (Å²) >= 11 is 1.70. The van der Waals surface area contributed by atoms with Crippen LogP contribution in [-0.4, -0.2) is 22.9 Å². The van der Waals surface area contributed by atoms with Gasteiger partial charge in [-0.05, 0) is 25.5 Å². The van der Waals surface area contributed by atoms with E-state index < -0.39 is 0 Å². The van der Waals surface area contributed by atoms with Gasteiger partial charge in [-0.3, -0.25) is 0 Å². The fraction of sp³-hybridized carbons (Fsp3) is 0.455. The van der Waals surface area contributed by atoms with E-state index in [9.17, 15) is 0 Å². The lowest BCUT2D eigenvalue weighted by Gasteiger charge is -2.12. The molecule has 0 amide bonds. The van der Waals surface area contributed by atoms with E-state index in [0.29, 0.717) is 10.8 Å². The Balaban J connectivity index is 2.07. The van der Waals surface area contributed by atoms with Crippen LogP contribution in [0.4, 0.5) is 0 Å². The van der Waals surface area contributed by atoms with Crippen molar-refractivity contribution in [2.75, 3.05) is 6.61 Å². The van der Waals surface area contributed by atoms with Gasteiger partial charge in [0.15, 0.2) is 0 Å². The van der Waals surface area contributed by atoms with E-state index in [4.69, 9.17) is 10.00 Å². The predicted octanol–water partition coefficient (Wildman–Crippen LogP) is 2.22. The van der Waals surface area contributed by atoms with Gasteiger partial charge in [-0.25, -0.2) is 4.98 Å². The second-order valence-corrected chi connectivity index (χ2v) is 4.77. The van der Waals surface area contributed by atoms with Crippen molar-refractivity contribution in [3.05, 3.63) is 23.9 Å². The van der Waals surface area contributed by atoms with Crippen molar-refractivity contribution >= 4 is 11.8 Å². The van der Waals surface area contributed by atoms with Crippen LogP contribution < -0.4 is 0 Å². The lowest BCUT2D eigenvalue weighted by molar-refractivity contribution is 0.127. The molecule has 78 valence electrons. The molecule has 0 aliphatic carbocycles. The fourth-order valence-corrected chi connectivity index (χ4v) is 2.68. The molecule has 2 heterocycles. The smallest absolute Gasteiger partial charge is 0.0993 e. The maximum absolute atomic E-state index is 8.76. The molecule has 2 unspecified atom stereocenters. The molecule has 15 heavy (non-hydrogen) atoms. The van der Waals surface area contributed by atoms with Gasteiger partial charge in [0.1, 0.15) is 0 Å². The molecule has 1 saturated heterocycles. The molecule has 0 aromatic carbocycles. The minimum absolute atomic E-state index is 0.280. The molecule has 4 heteroatoms. The Morgan fingerprint density at radius 1 is 1.67 bits per heavy atom. The number of nitrogens with zero attached hydrogens (tertiary/aromatic N) is 2. The summed E-state index contributed by atoms with van der Waals surface area (Å²) in [6.07, 6.45) is 3.02. The van der Waals surface area contributed by atoms with Crippen LogP contribution in [0.15, 0.2) is 23.4 Å². The number of aromatic nitrogens is 1. The van der Waals surface area contributed by atoms with Crippen LogP contribution in [-0.2, 0) is 4.74 Å². The highest BCUT2D eigenvalue weighted by Gasteiger charge is 2.25. The minimum Gasteiger partial charge on any atom is -0.377 e. The van der Waals surface area contributed by atoms with Gasteiger partial charge in [0.2, 0.25) is 0 Å². The van der Waals surface area contributed by atoms with Crippen LogP contribution in [0.5, 0.6) is 0 Å². The normalized spacial score (nSPS) is 25.1. The van der Waals surface area contributed by atoms with Crippen LogP contribution in [0.2, 0.25) is 0 Å². The average molecular weight is 220 g/mol. The molecule has 0 saturated carbocycles. The molecule has 0 N–H and O–H groups in total. The number of thioether (sulfide) groups is 1. The van der Waals surface area contributed by atoms with Crippen molar-refractivity contribution in [2.45, 2.75) is 29.7 Å². The highest BCUT2D eigenvalue weighted by molar-refractivity contribution is 7.99. The minimum atomic E-state index is 0.280. The summed E-state index contributed by atoms with van der Waals surface area (Å²) in [7, 11) is 0. The van der Waals surface area contributed by atoms with E-state index in [1.807, 2.05) is 6.07 Å². The highest BCUT2D eigenvalue weighted by atomic mass is 32.2. The standard InChI is InChI=1S/C11H12N2OS/c1-8-10(3-5-14-8)15-11-6-9(7-12)2-4-13-11/h2,4,6,8,10H,3,5H2,1H3. The third kappa shape index (κ3) is 2.49. The lowest BCUT2D eigenvalue weighted by atomic mass is 10.3. The molecule has 1 aromatic rings. The predicted molar refractivity (Wildman–Crippen MR) is 58.6 cm³/mol. The molecule has 0 radical (unpaired) electrons. The summed E-state index contributed by atoms with van der Waals surface area (Å²) in [6, 6.07) is 5.67.